The molecule has 1 aromatic rings. The first-order valence-electron chi connectivity index (χ1n) is 6.29. The Kier molecular flexibility index (Phi) is 3.66. The maximum Gasteiger partial charge on any atom is 0.254 e. The monoisotopic (exact) mass is 250 g/mol. The first kappa shape index (κ1) is 13.0. The fraction of sp³-hybridized carbons (Fsp3) is 0.500. The van der Waals surface area contributed by atoms with E-state index in [0.29, 0.717) is 18.7 Å². The number of nitrogens with one attached hydrogen (secondary N) is 1. The molecule has 1 aliphatic heterocycles. The van der Waals surface area contributed by atoms with Gasteiger partial charge in [0.25, 0.3) is 5.91 Å². The average molecular weight is 250 g/mol. The molecule has 3 nitrogen and oxygen atoms in total. The lowest BCUT2D eigenvalue weighted by atomic mass is 10.1. The lowest BCUT2D eigenvalue weighted by Crippen LogP contribution is -2.55. The minimum Gasteiger partial charge on any atom is -0.336 e. The first-order valence-corrected chi connectivity index (χ1v) is 6.29. The molecular formula is C14H19FN2O. The highest BCUT2D eigenvalue weighted by atomic mass is 19.1. The van der Waals surface area contributed by atoms with E-state index in [9.17, 15) is 9.18 Å². The van der Waals surface area contributed by atoms with Gasteiger partial charge < -0.3 is 10.2 Å². The molecular weight excluding hydrogens is 231 g/mol. The largest absolute Gasteiger partial charge is 0.336 e. The summed E-state index contributed by atoms with van der Waals surface area (Å²) >= 11 is 0. The maximum atomic E-state index is 13.2. The van der Waals surface area contributed by atoms with Crippen LogP contribution in [-0.4, -0.2) is 36.0 Å². The number of carbonyl (C=O) groups excluding carboxylic acids is 1. The van der Waals surface area contributed by atoms with Crippen molar-refractivity contribution in [1.29, 1.82) is 0 Å². The highest BCUT2D eigenvalue weighted by molar-refractivity contribution is 5.95. The van der Waals surface area contributed by atoms with Crippen molar-refractivity contribution in [2.24, 2.45) is 0 Å². The quantitative estimate of drug-likeness (QED) is 0.826. The number of rotatable bonds is 1. The van der Waals surface area contributed by atoms with Gasteiger partial charge in [-0.25, -0.2) is 4.39 Å². The maximum absolute atomic E-state index is 13.2. The second kappa shape index (κ2) is 5.06. The van der Waals surface area contributed by atoms with Gasteiger partial charge in [0.1, 0.15) is 5.82 Å². The van der Waals surface area contributed by atoms with E-state index >= 15 is 0 Å². The Labute approximate surface area is 107 Å². The molecule has 1 saturated heterocycles. The van der Waals surface area contributed by atoms with E-state index < -0.39 is 0 Å². The average Bonchev–Trinajstić information content (AvgIpc) is 2.30. The molecule has 1 aromatic carbocycles. The predicted molar refractivity (Wildman–Crippen MR) is 69.1 cm³/mol. The van der Waals surface area contributed by atoms with Crippen molar-refractivity contribution in [1.82, 2.24) is 10.2 Å². The van der Waals surface area contributed by atoms with Crippen molar-refractivity contribution >= 4 is 5.91 Å². The molecule has 4 heteroatoms. The highest BCUT2D eigenvalue weighted by Gasteiger charge is 2.26. The summed E-state index contributed by atoms with van der Waals surface area (Å²) in [5.41, 5.74) is 1.29. The molecule has 2 atom stereocenters. The molecule has 0 aromatic heterocycles. The summed E-state index contributed by atoms with van der Waals surface area (Å²) in [6.45, 7) is 7.27. The van der Waals surface area contributed by atoms with Gasteiger partial charge in [-0.2, -0.15) is 0 Å². The van der Waals surface area contributed by atoms with E-state index in [4.69, 9.17) is 0 Å². The molecule has 98 valence electrons. The number of hydrogen-bond donors (Lipinski definition) is 1. The van der Waals surface area contributed by atoms with Crippen LogP contribution in [0.2, 0.25) is 0 Å². The lowest BCUT2D eigenvalue weighted by molar-refractivity contribution is 0.0672. The smallest absolute Gasteiger partial charge is 0.254 e. The van der Waals surface area contributed by atoms with Crippen molar-refractivity contribution in [2.75, 3.05) is 13.1 Å². The summed E-state index contributed by atoms with van der Waals surface area (Å²) in [7, 11) is 0. The lowest BCUT2D eigenvalue weighted by Gasteiger charge is -2.36. The van der Waals surface area contributed by atoms with Crippen molar-refractivity contribution in [3.05, 3.63) is 35.1 Å². The van der Waals surface area contributed by atoms with E-state index in [1.165, 1.54) is 12.1 Å². The number of piperazine rings is 1. The molecule has 1 aliphatic rings. The Balaban J connectivity index is 2.22. The zero-order chi connectivity index (χ0) is 13.3. The highest BCUT2D eigenvalue weighted by Crippen LogP contribution is 2.15. The minimum absolute atomic E-state index is 0.0767. The summed E-state index contributed by atoms with van der Waals surface area (Å²) in [4.78, 5) is 14.2. The number of aryl methyl sites for hydroxylation is 1. The first-order chi connectivity index (χ1) is 8.47. The number of halogens is 1. The predicted octanol–water partition coefficient (Wildman–Crippen LogP) is 1.96. The third-order valence-corrected chi connectivity index (χ3v) is 3.27. The second-order valence-corrected chi connectivity index (χ2v) is 5.14. The van der Waals surface area contributed by atoms with Crippen molar-refractivity contribution in [3.63, 3.8) is 0 Å². The molecule has 1 heterocycles. The van der Waals surface area contributed by atoms with Crippen LogP contribution < -0.4 is 5.32 Å². The summed E-state index contributed by atoms with van der Waals surface area (Å²) in [6.07, 6.45) is 0. The molecule has 1 amide bonds. The van der Waals surface area contributed by atoms with Gasteiger partial charge in [-0.05, 0) is 38.5 Å². The van der Waals surface area contributed by atoms with Crippen LogP contribution in [0.15, 0.2) is 18.2 Å². The van der Waals surface area contributed by atoms with Crippen molar-refractivity contribution in [3.8, 4) is 0 Å². The van der Waals surface area contributed by atoms with Crippen LogP contribution in [0, 0.1) is 12.7 Å². The van der Waals surface area contributed by atoms with Crippen LogP contribution in [0.1, 0.15) is 29.8 Å². The molecule has 18 heavy (non-hydrogen) atoms. The molecule has 0 aliphatic carbocycles. The second-order valence-electron chi connectivity index (χ2n) is 5.14. The van der Waals surface area contributed by atoms with Gasteiger partial charge in [-0.3, -0.25) is 4.79 Å². The topological polar surface area (TPSA) is 32.3 Å². The van der Waals surface area contributed by atoms with Gasteiger partial charge in [-0.1, -0.05) is 6.07 Å². The Morgan fingerprint density at radius 2 is 1.94 bits per heavy atom. The van der Waals surface area contributed by atoms with Crippen molar-refractivity contribution in [2.45, 2.75) is 32.9 Å². The van der Waals surface area contributed by atoms with Crippen LogP contribution in [0.3, 0.4) is 0 Å². The molecule has 0 spiro atoms. The number of amides is 1. The third kappa shape index (κ3) is 2.70. The fourth-order valence-corrected chi connectivity index (χ4v) is 2.49. The van der Waals surface area contributed by atoms with Crippen molar-refractivity contribution < 1.29 is 9.18 Å². The van der Waals surface area contributed by atoms with Gasteiger partial charge in [0.15, 0.2) is 0 Å². The Morgan fingerprint density at radius 3 is 2.56 bits per heavy atom. The number of hydrogen-bond acceptors (Lipinski definition) is 2. The standard InChI is InChI=1S/C14H19FN2O/c1-9-4-5-12(15)6-13(9)14(18)17-7-10(2)16-11(3)8-17/h4-6,10-11,16H,7-8H2,1-3H3/t10-,11-/m0/s1. The minimum atomic E-state index is -0.361. The molecule has 1 N–H and O–H groups in total. The Morgan fingerprint density at radius 1 is 1.33 bits per heavy atom. The summed E-state index contributed by atoms with van der Waals surface area (Å²) in [6, 6.07) is 4.90. The normalized spacial score (nSPS) is 24.1. The van der Waals surface area contributed by atoms with Crippen LogP contribution in [0.25, 0.3) is 0 Å². The molecule has 1 fully saturated rings. The van der Waals surface area contributed by atoms with E-state index in [-0.39, 0.29) is 23.8 Å². The van der Waals surface area contributed by atoms with Gasteiger partial charge in [-0.15, -0.1) is 0 Å². The van der Waals surface area contributed by atoms with E-state index in [1.54, 1.807) is 11.0 Å². The van der Waals surface area contributed by atoms with E-state index in [0.717, 1.165) is 5.56 Å². The summed E-state index contributed by atoms with van der Waals surface area (Å²) in [5, 5.41) is 3.37. The van der Waals surface area contributed by atoms with Crippen LogP contribution >= 0.6 is 0 Å². The fourth-order valence-electron chi connectivity index (χ4n) is 2.49. The van der Waals surface area contributed by atoms with Crippen LogP contribution in [-0.2, 0) is 0 Å². The summed E-state index contributed by atoms with van der Waals surface area (Å²) < 4.78 is 13.2. The zero-order valence-electron chi connectivity index (χ0n) is 11.0. The number of nitrogens with zero attached hydrogens (tertiary/aromatic N) is 1. The van der Waals surface area contributed by atoms with E-state index in [1.807, 2.05) is 20.8 Å². The zero-order valence-corrected chi connectivity index (χ0v) is 11.0. The molecule has 0 radical (unpaired) electrons. The van der Waals surface area contributed by atoms with Gasteiger partial charge in [0, 0.05) is 30.7 Å². The molecule has 2 rings (SSSR count). The van der Waals surface area contributed by atoms with Gasteiger partial charge in [0.2, 0.25) is 0 Å². The molecule has 0 saturated carbocycles. The van der Waals surface area contributed by atoms with Gasteiger partial charge >= 0.3 is 0 Å². The third-order valence-electron chi connectivity index (χ3n) is 3.27. The van der Waals surface area contributed by atoms with E-state index in [2.05, 4.69) is 5.32 Å². The summed E-state index contributed by atoms with van der Waals surface area (Å²) in [5.74, 6) is -0.438. The number of carbonyl (C=O) groups is 1. The van der Waals surface area contributed by atoms with Crippen LogP contribution in [0.4, 0.5) is 4.39 Å². The molecule has 0 bridgehead atoms. The molecule has 0 unspecified atom stereocenters. The number of benzene rings is 1. The SMILES string of the molecule is Cc1ccc(F)cc1C(=O)N1C[C@H](C)N[C@@H](C)C1. The Hall–Kier alpha value is -1.42. The van der Waals surface area contributed by atoms with Gasteiger partial charge in [0.05, 0.1) is 0 Å². The Bertz CT molecular complexity index is 451. The van der Waals surface area contributed by atoms with Crippen LogP contribution in [0.5, 0.6) is 0 Å².